The Morgan fingerprint density at radius 2 is 2.07 bits per heavy atom. The molecular weight excluding hydrogens is 196 g/mol. The van der Waals surface area contributed by atoms with E-state index < -0.39 is 17.9 Å². The maximum absolute atomic E-state index is 11.2. The number of ketones is 1. The Labute approximate surface area is 89.9 Å². The van der Waals surface area contributed by atoms with Gasteiger partial charge in [0.15, 0.2) is 12.4 Å². The van der Waals surface area contributed by atoms with Gasteiger partial charge in [-0.25, -0.2) is 4.79 Å². The van der Waals surface area contributed by atoms with Crippen LogP contribution in [0.1, 0.15) is 33.1 Å². The molecule has 0 aromatic heterocycles. The van der Waals surface area contributed by atoms with Crippen molar-refractivity contribution >= 4 is 11.8 Å². The molecule has 0 amide bonds. The molecule has 0 aromatic rings. The first-order valence-corrected chi connectivity index (χ1v) is 5.02. The lowest BCUT2D eigenvalue weighted by Crippen LogP contribution is -2.26. The zero-order valence-electron chi connectivity index (χ0n) is 9.28. The first kappa shape index (κ1) is 13.8. The molecule has 0 bridgehead atoms. The van der Waals surface area contributed by atoms with Crippen LogP contribution in [0.3, 0.4) is 0 Å². The van der Waals surface area contributed by atoms with E-state index in [1.54, 1.807) is 0 Å². The minimum Gasteiger partial charge on any atom is -0.454 e. The number of carbonyl (C=O) groups excluding carboxylic acids is 2. The topological polar surface area (TPSA) is 63.6 Å². The van der Waals surface area contributed by atoms with Crippen molar-refractivity contribution in [2.24, 2.45) is 0 Å². The third-order valence-electron chi connectivity index (χ3n) is 1.90. The molecule has 1 N–H and O–H groups in total. The number of rotatable bonds is 7. The van der Waals surface area contributed by atoms with E-state index in [1.165, 1.54) is 6.92 Å². The summed E-state index contributed by atoms with van der Waals surface area (Å²) in [6.07, 6.45) is 1.08. The summed E-state index contributed by atoms with van der Waals surface area (Å²) in [4.78, 5) is 22.1. The lowest BCUT2D eigenvalue weighted by Gasteiger charge is -2.09. The number of Topliss-reactive ketones (excluding diaryl/α,β-unsaturated/α-hetero) is 1. The minimum atomic E-state index is -1.03. The number of aliphatic hydroxyl groups excluding tert-OH is 1. The van der Waals surface area contributed by atoms with E-state index in [4.69, 9.17) is 0 Å². The number of aliphatic hydroxyl groups is 1. The summed E-state index contributed by atoms with van der Waals surface area (Å²) in [6, 6.07) is 0. The summed E-state index contributed by atoms with van der Waals surface area (Å²) in [5.74, 6) is -1.07. The van der Waals surface area contributed by atoms with E-state index in [9.17, 15) is 14.7 Å². The number of hydrogen-bond donors (Lipinski definition) is 1. The molecule has 0 rings (SSSR count). The van der Waals surface area contributed by atoms with Crippen LogP contribution in [-0.2, 0) is 14.3 Å². The third-order valence-corrected chi connectivity index (χ3v) is 1.90. The van der Waals surface area contributed by atoms with Crippen LogP contribution < -0.4 is 0 Å². The van der Waals surface area contributed by atoms with Crippen molar-refractivity contribution in [3.05, 3.63) is 12.2 Å². The molecule has 0 fully saturated rings. The molecular formula is C11H18O4. The Morgan fingerprint density at radius 3 is 2.53 bits per heavy atom. The Balaban J connectivity index is 3.82. The lowest BCUT2D eigenvalue weighted by atomic mass is 10.1. The number of ether oxygens (including phenoxy) is 1. The smallest absolute Gasteiger partial charge is 0.333 e. The molecule has 0 aromatic carbocycles. The van der Waals surface area contributed by atoms with Crippen molar-refractivity contribution in [1.29, 1.82) is 0 Å². The van der Waals surface area contributed by atoms with E-state index in [2.05, 4.69) is 11.3 Å². The van der Waals surface area contributed by atoms with E-state index >= 15 is 0 Å². The average Bonchev–Trinajstić information content (AvgIpc) is 2.21. The Bertz CT molecular complexity index is 245. The molecule has 1 atom stereocenters. The molecule has 0 aliphatic carbocycles. The summed E-state index contributed by atoms with van der Waals surface area (Å²) >= 11 is 0. The summed E-state index contributed by atoms with van der Waals surface area (Å²) in [5.41, 5.74) is 0.242. The first-order chi connectivity index (χ1) is 6.99. The van der Waals surface area contributed by atoms with Crippen molar-refractivity contribution in [2.45, 2.75) is 39.2 Å². The molecule has 4 nitrogen and oxygen atoms in total. The van der Waals surface area contributed by atoms with Crippen LogP contribution in [-0.4, -0.2) is 29.6 Å². The Morgan fingerprint density at radius 1 is 1.47 bits per heavy atom. The molecule has 0 saturated carbocycles. The first-order valence-electron chi connectivity index (χ1n) is 5.02. The van der Waals surface area contributed by atoms with Gasteiger partial charge in [-0.3, -0.25) is 4.79 Å². The number of carbonyl (C=O) groups is 2. The molecule has 0 saturated heterocycles. The molecule has 86 valence electrons. The van der Waals surface area contributed by atoms with Crippen LogP contribution in [0.4, 0.5) is 0 Å². The van der Waals surface area contributed by atoms with Crippen LogP contribution in [0.2, 0.25) is 0 Å². The summed E-state index contributed by atoms with van der Waals surface area (Å²) < 4.78 is 4.62. The highest BCUT2D eigenvalue weighted by molar-refractivity contribution is 5.90. The molecule has 0 radical (unpaired) electrons. The van der Waals surface area contributed by atoms with Gasteiger partial charge in [0.25, 0.3) is 0 Å². The molecule has 0 aliphatic rings. The number of unbranched alkanes of at least 4 members (excludes halogenated alkanes) is 1. The minimum absolute atomic E-state index is 0.242. The van der Waals surface area contributed by atoms with Gasteiger partial charge in [-0.2, -0.15) is 0 Å². The maximum Gasteiger partial charge on any atom is 0.333 e. The van der Waals surface area contributed by atoms with Crippen LogP contribution in [0, 0.1) is 0 Å². The van der Waals surface area contributed by atoms with E-state index in [0.717, 1.165) is 12.8 Å². The fraction of sp³-hybridized carbons (Fsp3) is 0.636. The highest BCUT2D eigenvalue weighted by Crippen LogP contribution is 2.02. The zero-order valence-corrected chi connectivity index (χ0v) is 9.28. The van der Waals surface area contributed by atoms with E-state index in [-0.39, 0.29) is 12.2 Å². The maximum atomic E-state index is 11.2. The van der Waals surface area contributed by atoms with Gasteiger partial charge in [0.2, 0.25) is 0 Å². The van der Waals surface area contributed by atoms with Crippen LogP contribution >= 0.6 is 0 Å². The normalized spacial score (nSPS) is 11.9. The second kappa shape index (κ2) is 7.17. The Hall–Kier alpha value is -1.16. The zero-order chi connectivity index (χ0) is 11.8. The monoisotopic (exact) mass is 214 g/mol. The molecule has 0 aliphatic heterocycles. The van der Waals surface area contributed by atoms with Gasteiger partial charge < -0.3 is 9.84 Å². The molecule has 0 heterocycles. The third kappa shape index (κ3) is 6.01. The fourth-order valence-electron chi connectivity index (χ4n) is 0.915. The number of hydrogen-bond acceptors (Lipinski definition) is 4. The summed E-state index contributed by atoms with van der Waals surface area (Å²) in [7, 11) is 0. The average molecular weight is 214 g/mol. The SMILES string of the molecule is C=C(C)C(=O)OCC(=O)C(O)CCCC. The molecule has 1 unspecified atom stereocenters. The molecule has 0 spiro atoms. The predicted octanol–water partition coefficient (Wildman–Crippen LogP) is 1.23. The fourth-order valence-corrected chi connectivity index (χ4v) is 0.915. The highest BCUT2D eigenvalue weighted by atomic mass is 16.5. The van der Waals surface area contributed by atoms with Gasteiger partial charge in [0.05, 0.1) is 0 Å². The number of esters is 1. The quantitative estimate of drug-likeness (QED) is 0.511. The van der Waals surface area contributed by atoms with Gasteiger partial charge in [-0.05, 0) is 13.3 Å². The van der Waals surface area contributed by atoms with Crippen LogP contribution in [0.5, 0.6) is 0 Å². The largest absolute Gasteiger partial charge is 0.454 e. The van der Waals surface area contributed by atoms with Gasteiger partial charge in [0.1, 0.15) is 6.10 Å². The van der Waals surface area contributed by atoms with Gasteiger partial charge >= 0.3 is 5.97 Å². The molecule has 4 heteroatoms. The highest BCUT2D eigenvalue weighted by Gasteiger charge is 2.16. The van der Waals surface area contributed by atoms with Crippen LogP contribution in [0.15, 0.2) is 12.2 Å². The van der Waals surface area contributed by atoms with E-state index in [0.29, 0.717) is 6.42 Å². The van der Waals surface area contributed by atoms with Crippen LogP contribution in [0.25, 0.3) is 0 Å². The second-order valence-corrected chi connectivity index (χ2v) is 3.48. The molecule has 15 heavy (non-hydrogen) atoms. The van der Waals surface area contributed by atoms with Gasteiger partial charge in [-0.15, -0.1) is 0 Å². The second-order valence-electron chi connectivity index (χ2n) is 3.48. The van der Waals surface area contributed by atoms with Crippen molar-refractivity contribution in [2.75, 3.05) is 6.61 Å². The Kier molecular flexibility index (Phi) is 6.62. The lowest BCUT2D eigenvalue weighted by molar-refractivity contribution is -0.146. The summed E-state index contributed by atoms with van der Waals surface area (Å²) in [6.45, 7) is 6.47. The van der Waals surface area contributed by atoms with Crippen molar-refractivity contribution in [1.82, 2.24) is 0 Å². The van der Waals surface area contributed by atoms with Crippen molar-refractivity contribution in [3.8, 4) is 0 Å². The summed E-state index contributed by atoms with van der Waals surface area (Å²) in [5, 5.41) is 9.34. The van der Waals surface area contributed by atoms with Gasteiger partial charge in [0, 0.05) is 5.57 Å². The van der Waals surface area contributed by atoms with E-state index in [1.807, 2.05) is 6.92 Å². The standard InChI is InChI=1S/C11H18O4/c1-4-5-6-9(12)10(13)7-15-11(14)8(2)3/h9,12H,2,4-7H2,1,3H3. The predicted molar refractivity (Wildman–Crippen MR) is 56.3 cm³/mol. The van der Waals surface area contributed by atoms with Gasteiger partial charge in [-0.1, -0.05) is 26.3 Å². The van der Waals surface area contributed by atoms with Crippen molar-refractivity contribution < 1.29 is 19.4 Å². The van der Waals surface area contributed by atoms with Crippen molar-refractivity contribution in [3.63, 3.8) is 0 Å².